The Bertz CT molecular complexity index is 4900. The number of esters is 2. The van der Waals surface area contributed by atoms with Gasteiger partial charge in [-0.3, -0.25) is 24.6 Å². The van der Waals surface area contributed by atoms with Gasteiger partial charge in [-0.1, -0.05) is 66.2 Å². The van der Waals surface area contributed by atoms with Crippen LogP contribution in [0.4, 0.5) is 13.2 Å². The van der Waals surface area contributed by atoms with E-state index in [1.54, 1.807) is 111 Å². The van der Waals surface area contributed by atoms with E-state index in [0.29, 0.717) is 86.9 Å². The number of benzene rings is 3. The third-order valence-corrected chi connectivity index (χ3v) is 13.9. The number of nitrogens with one attached hydrogen (secondary N) is 2. The number of ether oxygens (including phenoxy) is 7. The smallest absolute Gasteiger partial charge is 0.375 e. The lowest BCUT2D eigenvalue weighted by molar-refractivity contribution is -0.179. The van der Waals surface area contributed by atoms with Gasteiger partial charge in [-0.25, -0.2) is 81.2 Å². The molecular formula is C69H83Cl4F3N21O11P. The van der Waals surface area contributed by atoms with E-state index in [1.807, 2.05) is 38.0 Å². The van der Waals surface area contributed by atoms with Crippen LogP contribution in [0.1, 0.15) is 74.1 Å². The van der Waals surface area contributed by atoms with Gasteiger partial charge in [0.15, 0.2) is 45.8 Å². The van der Waals surface area contributed by atoms with Gasteiger partial charge < -0.3 is 48.8 Å². The zero-order valence-electron chi connectivity index (χ0n) is 62.2. The molecule has 0 bridgehead atoms. The van der Waals surface area contributed by atoms with Crippen LogP contribution in [0.5, 0.6) is 11.5 Å². The molecule has 109 heavy (non-hydrogen) atoms. The summed E-state index contributed by atoms with van der Waals surface area (Å²) in [5.74, 6) is -0.616. The van der Waals surface area contributed by atoms with Crippen molar-refractivity contribution in [2.24, 2.45) is 5.73 Å². The van der Waals surface area contributed by atoms with Crippen LogP contribution in [-0.4, -0.2) is 214 Å². The van der Waals surface area contributed by atoms with Gasteiger partial charge in [0, 0.05) is 46.7 Å². The summed E-state index contributed by atoms with van der Waals surface area (Å²) in [4.78, 5) is 80.1. The molecule has 11 aromatic rings. The monoisotopic (exact) mass is 1610 g/mol. The van der Waals surface area contributed by atoms with E-state index in [2.05, 4.69) is 129 Å². The van der Waals surface area contributed by atoms with E-state index < -0.39 is 16.7 Å². The topological polar surface area (TPSA) is 376 Å². The van der Waals surface area contributed by atoms with Crippen LogP contribution in [0.15, 0.2) is 140 Å². The molecule has 8 aromatic heterocycles. The van der Waals surface area contributed by atoms with E-state index >= 15 is 0 Å². The molecule has 3 aromatic carbocycles. The fraction of sp³-hybridized carbons (Fsp3) is 0.333. The van der Waals surface area contributed by atoms with Crippen molar-refractivity contribution in [2.45, 2.75) is 65.8 Å². The highest BCUT2D eigenvalue weighted by Gasteiger charge is 2.23. The number of carbonyl (C=O) groups excluding carboxylic acids is 2. The summed E-state index contributed by atoms with van der Waals surface area (Å²) in [7, 11) is 17.4. The van der Waals surface area contributed by atoms with Crippen LogP contribution in [0, 0.1) is 22.9 Å². The Balaban J connectivity index is 0.000000241. The number of carbonyl (C=O) groups is 2. The number of fused-ring (bicyclic) bond motifs is 3. The minimum atomic E-state index is -3.22. The predicted octanol–water partition coefficient (Wildman–Crippen LogP) is 10.5. The Hall–Kier alpha value is -10.4. The second-order valence-corrected chi connectivity index (χ2v) is 30.7. The van der Waals surface area contributed by atoms with E-state index in [4.69, 9.17) is 46.4 Å². The van der Waals surface area contributed by atoms with Crippen molar-refractivity contribution >= 4 is 85.2 Å². The molecule has 8 heterocycles. The fourth-order valence-corrected chi connectivity index (χ4v) is 9.26. The lowest BCUT2D eigenvalue weighted by atomic mass is 10.1. The van der Waals surface area contributed by atoms with Crippen molar-refractivity contribution in [3.05, 3.63) is 207 Å². The number of nitrogens with two attached hydrogens (primary N) is 1. The normalized spacial score (nSPS) is 11.1. The minimum Gasteiger partial charge on any atom is -0.492 e. The van der Waals surface area contributed by atoms with Crippen molar-refractivity contribution in [2.75, 3.05) is 90.5 Å². The average molecular weight is 1610 g/mol. The maximum Gasteiger partial charge on any atom is 0.375 e. The van der Waals surface area contributed by atoms with Crippen LogP contribution in [0.2, 0.25) is 5.15 Å². The molecule has 32 nitrogen and oxygen atoms in total. The lowest BCUT2D eigenvalue weighted by Crippen LogP contribution is -2.46. The number of methoxy groups -OCH3 is 4. The van der Waals surface area contributed by atoms with Gasteiger partial charge in [0.2, 0.25) is 11.5 Å². The first-order valence-corrected chi connectivity index (χ1v) is 37.2. The summed E-state index contributed by atoms with van der Waals surface area (Å²) in [6.07, 6.45) is 14.1. The molecular weight excluding hydrogens is 1530 g/mol. The molecule has 0 atom stereocenters. The Morgan fingerprint density at radius 1 is 0.642 bits per heavy atom. The molecule has 0 aliphatic rings. The van der Waals surface area contributed by atoms with Gasteiger partial charge in [-0.2, -0.15) is 15.3 Å². The van der Waals surface area contributed by atoms with Crippen molar-refractivity contribution in [1.29, 1.82) is 5.41 Å². The molecule has 0 spiro atoms. The zero-order valence-corrected chi connectivity index (χ0v) is 66.1. The second-order valence-electron chi connectivity index (χ2n) is 23.7. The first-order valence-electron chi connectivity index (χ1n) is 32.4. The van der Waals surface area contributed by atoms with E-state index in [1.165, 1.54) is 93.2 Å². The Morgan fingerprint density at radius 3 is 1.45 bits per heavy atom. The summed E-state index contributed by atoms with van der Waals surface area (Å²) in [5, 5.41) is 16.7. The Labute approximate surface area is 644 Å². The molecule has 0 radical (unpaired) electrons. The largest absolute Gasteiger partial charge is 0.492 e. The van der Waals surface area contributed by atoms with Gasteiger partial charge in [-0.05, 0) is 131 Å². The third kappa shape index (κ3) is 29.3. The Kier molecular flexibility index (Phi) is 35.7. The van der Waals surface area contributed by atoms with Crippen molar-refractivity contribution in [3.63, 3.8) is 0 Å². The standard InChI is InChI=1S/C17H12ClFN6O.C17H13FN6O2.C13H11FN6.C9H22N2O.C8H15NO3.C5H10O3.Cl3OP/c1-26-14-7-20-16(24-15(14)18)13-8-25-17(21-9-22-25)12(23-13)6-10-4-2-3-5-11(10)19;1-26-14-7-19-15(23-17(14)25)13-8-24-16(20-9-21-24)12(22-13)6-10-4-2-3-5-11(10)18;14-9-4-2-1-3-8(9)5-10-13-17-7-18-20(13)6-11(19-10)12(15)16;1-9(2,3)12-8(10(4)5)11(6)7;1-5-12-8(10)7(11-4)6-9(2)3;1-3-8-5(6)4-7-2;1-5(2,3)4/h2-5,7-9H,6H2,1H3;2-5,7-9H,6H2,1H3,(H,19,23,25);1-4,6-7H,5H2,(H3,15,16);8H,1-7H3;6H,5H2,1-4H3;3-4H2,1-2H3;. The van der Waals surface area contributed by atoms with E-state index in [-0.39, 0.29) is 95.3 Å². The highest BCUT2D eigenvalue weighted by molar-refractivity contribution is 8.24. The number of aromatic nitrogens is 16. The van der Waals surface area contributed by atoms with Gasteiger partial charge >= 0.3 is 17.1 Å². The summed E-state index contributed by atoms with van der Waals surface area (Å²) in [5.41, 5.74) is 10.7. The van der Waals surface area contributed by atoms with Crippen LogP contribution < -0.4 is 20.8 Å². The highest BCUT2D eigenvalue weighted by Crippen LogP contribution is 2.61. The number of H-pyrrole nitrogens is 1. The quantitative estimate of drug-likeness (QED) is 0.00879. The molecule has 0 aliphatic carbocycles. The summed E-state index contributed by atoms with van der Waals surface area (Å²) in [6, 6.07) is 19.5. The molecule has 0 fully saturated rings. The number of hydrogen-bond acceptors (Lipinski definition) is 27. The van der Waals surface area contributed by atoms with Crippen LogP contribution >= 0.6 is 50.5 Å². The maximum atomic E-state index is 14.0. The average Bonchev–Trinajstić information content (AvgIpc) is 1.75. The highest BCUT2D eigenvalue weighted by atomic mass is 36.0. The lowest BCUT2D eigenvalue weighted by Gasteiger charge is -2.35. The van der Waals surface area contributed by atoms with Crippen molar-refractivity contribution < 1.29 is 60.5 Å². The van der Waals surface area contributed by atoms with Gasteiger partial charge in [-0.15, -0.1) is 0 Å². The maximum absolute atomic E-state index is 14.0. The van der Waals surface area contributed by atoms with E-state index in [0.717, 1.165) is 0 Å². The SMILES string of the molecule is CCOC(=O)C(=CN(C)C)OC.CCOC(=O)COC.CN(C)C(OC(C)(C)C)N(C)C.COc1cnc(-c2cn3ncnc3c(Cc3ccccc3F)n2)[nH]c1=O.COc1cnc(-c2cn3ncnc3c(Cc3ccccc3F)n2)nc1Cl.N=C(N)c1cn2ncnc2c(Cc2ccccc2F)n1.O=P(Cl)(Cl)Cl. The van der Waals surface area contributed by atoms with E-state index in [9.17, 15) is 32.1 Å². The molecule has 0 unspecified atom stereocenters. The molecule has 584 valence electrons. The number of rotatable bonds is 21. The number of hydrogen-bond donors (Lipinski definition) is 3. The molecule has 11 rings (SSSR count). The minimum absolute atomic E-state index is 0.0463. The number of amidine groups is 1. The fourth-order valence-electron chi connectivity index (χ4n) is 9.05. The summed E-state index contributed by atoms with van der Waals surface area (Å²) in [6.45, 7) is 10.5. The third-order valence-electron chi connectivity index (χ3n) is 13.6. The molecule has 4 N–H and O–H groups in total. The van der Waals surface area contributed by atoms with Gasteiger partial charge in [0.1, 0.15) is 66.0 Å². The second kappa shape index (κ2) is 43.6. The van der Waals surface area contributed by atoms with Crippen LogP contribution in [-0.2, 0) is 57.1 Å². The van der Waals surface area contributed by atoms with Crippen molar-refractivity contribution in [3.8, 4) is 34.5 Å². The number of nitrogens with zero attached hydrogens (tertiary/aromatic N) is 18. The van der Waals surface area contributed by atoms with Gasteiger partial charge in [0.05, 0.1) is 88.2 Å². The molecule has 0 amide bonds. The summed E-state index contributed by atoms with van der Waals surface area (Å²) >= 11 is 19.9. The number of aromatic amines is 1. The summed E-state index contributed by atoms with van der Waals surface area (Å²) < 4.78 is 90.2. The Morgan fingerprint density at radius 2 is 1.07 bits per heavy atom. The molecule has 0 aliphatic heterocycles. The van der Waals surface area contributed by atoms with Crippen LogP contribution in [0.25, 0.3) is 40.0 Å². The van der Waals surface area contributed by atoms with Gasteiger partial charge in [0.25, 0.3) is 5.56 Å². The zero-order chi connectivity index (χ0) is 80.7. The first-order chi connectivity index (χ1) is 51.6. The molecule has 0 saturated carbocycles. The predicted molar refractivity (Wildman–Crippen MR) is 405 cm³/mol. The number of halogens is 7. The van der Waals surface area contributed by atoms with Crippen LogP contribution in [0.3, 0.4) is 0 Å². The first kappa shape index (κ1) is 89.3. The molecule has 0 saturated heterocycles. The number of nitrogen functional groups attached to an aromatic ring is 1. The molecule has 40 heteroatoms. The van der Waals surface area contributed by atoms with Crippen molar-refractivity contribution in [1.82, 2.24) is 93.4 Å².